The normalized spacial score (nSPS) is 14.2. The highest BCUT2D eigenvalue weighted by Gasteiger charge is 2.11. The zero-order chi connectivity index (χ0) is 11.4. The number of rotatable bonds is 4. The van der Waals surface area contributed by atoms with Crippen molar-refractivity contribution in [3.05, 3.63) is 23.8 Å². The van der Waals surface area contributed by atoms with Gasteiger partial charge >= 0.3 is 0 Å². The molecule has 4 heteroatoms. The van der Waals surface area contributed by atoms with Gasteiger partial charge in [0.15, 0.2) is 11.5 Å². The third kappa shape index (κ3) is 2.10. The van der Waals surface area contributed by atoms with E-state index in [0.717, 1.165) is 36.0 Å². The lowest BCUT2D eigenvalue weighted by Crippen LogP contribution is -2.19. The maximum absolute atomic E-state index is 5.52. The Morgan fingerprint density at radius 1 is 1.38 bits per heavy atom. The van der Waals surface area contributed by atoms with Crippen LogP contribution in [0.25, 0.3) is 0 Å². The molecule has 0 saturated heterocycles. The summed E-state index contributed by atoms with van der Waals surface area (Å²) in [5.41, 5.74) is 1.04. The molecule has 0 aromatic heterocycles. The molecule has 1 aromatic carbocycles. The summed E-state index contributed by atoms with van der Waals surface area (Å²) in [4.78, 5) is 4.37. The van der Waals surface area contributed by atoms with Gasteiger partial charge in [-0.25, -0.2) is 0 Å². The molecule has 0 unspecified atom stereocenters. The lowest BCUT2D eigenvalue weighted by molar-refractivity contribution is 0.311. The predicted octanol–water partition coefficient (Wildman–Crippen LogP) is 1.44. The zero-order valence-electron chi connectivity index (χ0n) is 9.62. The van der Waals surface area contributed by atoms with E-state index in [4.69, 9.17) is 9.47 Å². The Balaban J connectivity index is 2.30. The van der Waals surface area contributed by atoms with Crippen molar-refractivity contribution < 1.29 is 9.47 Å². The van der Waals surface area contributed by atoms with E-state index in [1.165, 1.54) is 0 Å². The van der Waals surface area contributed by atoms with Crippen molar-refractivity contribution in [2.75, 3.05) is 26.8 Å². The number of benzene rings is 1. The van der Waals surface area contributed by atoms with Crippen LogP contribution in [0.3, 0.4) is 0 Å². The minimum absolute atomic E-state index is 0.625. The Bertz CT molecular complexity index is 402. The molecular weight excluding hydrogens is 204 g/mol. The fraction of sp³-hybridized carbons (Fsp3) is 0.417. The van der Waals surface area contributed by atoms with Gasteiger partial charge in [0, 0.05) is 12.1 Å². The van der Waals surface area contributed by atoms with Gasteiger partial charge in [0.25, 0.3) is 0 Å². The topological polar surface area (TPSA) is 42.8 Å². The first-order valence-corrected chi connectivity index (χ1v) is 5.44. The first kappa shape index (κ1) is 10.8. The summed E-state index contributed by atoms with van der Waals surface area (Å²) in [6.45, 7) is 4.33. The van der Waals surface area contributed by atoms with Crippen molar-refractivity contribution in [2.24, 2.45) is 4.99 Å². The van der Waals surface area contributed by atoms with Gasteiger partial charge in [-0.1, -0.05) is 0 Å². The summed E-state index contributed by atoms with van der Waals surface area (Å²) < 4.78 is 10.8. The number of amidine groups is 1. The Labute approximate surface area is 95.3 Å². The van der Waals surface area contributed by atoms with Gasteiger partial charge in [0.05, 0.1) is 20.3 Å². The van der Waals surface area contributed by atoms with Crippen LogP contribution >= 0.6 is 0 Å². The van der Waals surface area contributed by atoms with Crippen molar-refractivity contribution >= 4 is 5.84 Å². The van der Waals surface area contributed by atoms with Gasteiger partial charge in [0.1, 0.15) is 5.84 Å². The van der Waals surface area contributed by atoms with Crippen molar-refractivity contribution in [1.82, 2.24) is 5.32 Å². The minimum atomic E-state index is 0.625. The number of ether oxygens (including phenoxy) is 2. The minimum Gasteiger partial charge on any atom is -0.493 e. The van der Waals surface area contributed by atoms with E-state index in [0.29, 0.717) is 6.61 Å². The summed E-state index contributed by atoms with van der Waals surface area (Å²) >= 11 is 0. The molecule has 0 saturated carbocycles. The molecule has 2 rings (SSSR count). The van der Waals surface area contributed by atoms with E-state index < -0.39 is 0 Å². The quantitative estimate of drug-likeness (QED) is 0.835. The van der Waals surface area contributed by atoms with Crippen LogP contribution in [0.2, 0.25) is 0 Å². The second-order valence-electron chi connectivity index (χ2n) is 3.46. The van der Waals surface area contributed by atoms with E-state index in [9.17, 15) is 0 Å². The summed E-state index contributed by atoms with van der Waals surface area (Å²) in [5.74, 6) is 2.45. The molecule has 0 atom stereocenters. The Hall–Kier alpha value is -1.71. The molecule has 1 aliphatic rings. The van der Waals surface area contributed by atoms with Crippen LogP contribution in [-0.4, -0.2) is 32.6 Å². The van der Waals surface area contributed by atoms with E-state index in [2.05, 4.69) is 10.3 Å². The summed E-state index contributed by atoms with van der Waals surface area (Å²) in [5, 5.41) is 3.23. The highest BCUT2D eigenvalue weighted by molar-refractivity contribution is 6.00. The number of nitrogens with one attached hydrogen (secondary N) is 1. The van der Waals surface area contributed by atoms with Gasteiger partial charge in [-0.15, -0.1) is 0 Å². The molecule has 1 N–H and O–H groups in total. The monoisotopic (exact) mass is 220 g/mol. The molecule has 1 heterocycles. The molecule has 0 spiro atoms. The molecule has 0 fully saturated rings. The molecular formula is C12H16N2O2. The zero-order valence-corrected chi connectivity index (χ0v) is 9.62. The van der Waals surface area contributed by atoms with Gasteiger partial charge in [-0.05, 0) is 25.1 Å². The van der Waals surface area contributed by atoms with E-state index >= 15 is 0 Å². The number of methoxy groups -OCH3 is 1. The van der Waals surface area contributed by atoms with E-state index in [1.807, 2.05) is 25.1 Å². The Morgan fingerprint density at radius 3 is 2.88 bits per heavy atom. The van der Waals surface area contributed by atoms with Crippen LogP contribution in [0.15, 0.2) is 23.2 Å². The molecule has 0 radical (unpaired) electrons. The van der Waals surface area contributed by atoms with Crippen molar-refractivity contribution in [1.29, 1.82) is 0 Å². The molecule has 4 nitrogen and oxygen atoms in total. The van der Waals surface area contributed by atoms with Crippen LogP contribution in [0, 0.1) is 0 Å². The molecule has 0 amide bonds. The first-order chi connectivity index (χ1) is 7.85. The van der Waals surface area contributed by atoms with Crippen molar-refractivity contribution in [3.8, 4) is 11.5 Å². The predicted molar refractivity (Wildman–Crippen MR) is 63.6 cm³/mol. The molecule has 86 valence electrons. The fourth-order valence-electron chi connectivity index (χ4n) is 1.68. The second kappa shape index (κ2) is 4.88. The number of hydrogen-bond donors (Lipinski definition) is 1. The number of hydrogen-bond acceptors (Lipinski definition) is 4. The smallest absolute Gasteiger partial charge is 0.161 e. The maximum Gasteiger partial charge on any atom is 0.161 e. The summed E-state index contributed by atoms with van der Waals surface area (Å²) in [7, 11) is 1.64. The number of nitrogens with zero attached hydrogens (tertiary/aromatic N) is 1. The third-order valence-electron chi connectivity index (χ3n) is 2.41. The third-order valence-corrected chi connectivity index (χ3v) is 2.41. The van der Waals surface area contributed by atoms with E-state index in [-0.39, 0.29) is 0 Å². The maximum atomic E-state index is 5.52. The van der Waals surface area contributed by atoms with Crippen LogP contribution in [0.4, 0.5) is 0 Å². The highest BCUT2D eigenvalue weighted by Crippen LogP contribution is 2.28. The van der Waals surface area contributed by atoms with Crippen molar-refractivity contribution in [2.45, 2.75) is 6.92 Å². The molecule has 0 bridgehead atoms. The van der Waals surface area contributed by atoms with Gasteiger partial charge in [-0.3, -0.25) is 4.99 Å². The van der Waals surface area contributed by atoms with Gasteiger partial charge in [-0.2, -0.15) is 0 Å². The van der Waals surface area contributed by atoms with E-state index in [1.54, 1.807) is 7.11 Å². The molecule has 0 aliphatic carbocycles. The van der Waals surface area contributed by atoms with Crippen LogP contribution < -0.4 is 14.8 Å². The molecule has 16 heavy (non-hydrogen) atoms. The van der Waals surface area contributed by atoms with Crippen LogP contribution in [0.1, 0.15) is 12.5 Å². The van der Waals surface area contributed by atoms with Gasteiger partial charge in [0.2, 0.25) is 0 Å². The largest absolute Gasteiger partial charge is 0.493 e. The van der Waals surface area contributed by atoms with Crippen LogP contribution in [-0.2, 0) is 0 Å². The second-order valence-corrected chi connectivity index (χ2v) is 3.46. The summed E-state index contributed by atoms with van der Waals surface area (Å²) in [6, 6.07) is 5.85. The standard InChI is InChI=1S/C12H16N2O2/c1-3-16-11-8-9(4-5-10(11)15-2)12-13-6-7-14-12/h4-5,8H,3,6-7H2,1-2H3,(H,13,14). The van der Waals surface area contributed by atoms with Gasteiger partial charge < -0.3 is 14.8 Å². The van der Waals surface area contributed by atoms with Crippen molar-refractivity contribution in [3.63, 3.8) is 0 Å². The molecule has 1 aromatic rings. The first-order valence-electron chi connectivity index (χ1n) is 5.44. The number of aliphatic imine (C=N–C) groups is 1. The van der Waals surface area contributed by atoms with Crippen LogP contribution in [0.5, 0.6) is 11.5 Å². The Kier molecular flexibility index (Phi) is 3.29. The fourth-order valence-corrected chi connectivity index (χ4v) is 1.68. The lowest BCUT2D eigenvalue weighted by atomic mass is 10.2. The lowest BCUT2D eigenvalue weighted by Gasteiger charge is -2.11. The summed E-state index contributed by atoms with van der Waals surface area (Å²) in [6.07, 6.45) is 0. The highest BCUT2D eigenvalue weighted by atomic mass is 16.5. The average Bonchev–Trinajstić information content (AvgIpc) is 2.83. The Morgan fingerprint density at radius 2 is 2.25 bits per heavy atom. The SMILES string of the molecule is CCOc1cc(C2=NCCN2)ccc1OC. The molecule has 1 aliphatic heterocycles. The average molecular weight is 220 g/mol.